The normalized spacial score (nSPS) is 17.4. The largest absolute Gasteiger partial charge is 0.444 e. The molecule has 4 rings (SSSR count). The zero-order valence-electron chi connectivity index (χ0n) is 22.9. The van der Waals surface area contributed by atoms with Gasteiger partial charge in [0.1, 0.15) is 27.4 Å². The molecule has 1 saturated carbocycles. The van der Waals surface area contributed by atoms with E-state index in [4.69, 9.17) is 51.1 Å². The summed E-state index contributed by atoms with van der Waals surface area (Å²) in [5, 5.41) is 6.62. The van der Waals surface area contributed by atoms with Crippen LogP contribution in [0.4, 0.5) is 39.7 Å². The van der Waals surface area contributed by atoms with Gasteiger partial charge in [-0.25, -0.2) is 14.2 Å². The number of halogens is 8. The molecule has 1 heterocycles. The molecular formula is C28H22Cl4F4N4O4. The molecule has 3 amide bonds. The maximum atomic E-state index is 13.6. The maximum absolute atomic E-state index is 13.6. The smallest absolute Gasteiger partial charge is 0.416 e. The Morgan fingerprint density at radius 1 is 0.886 bits per heavy atom. The van der Waals surface area contributed by atoms with Gasteiger partial charge >= 0.3 is 12.3 Å². The van der Waals surface area contributed by atoms with Gasteiger partial charge in [0.15, 0.2) is 0 Å². The fourth-order valence-corrected chi connectivity index (χ4v) is 5.41. The number of amides is 3. The topological polar surface area (TPSA) is 109 Å². The van der Waals surface area contributed by atoms with Crippen molar-refractivity contribution in [1.29, 1.82) is 0 Å². The van der Waals surface area contributed by atoms with Gasteiger partial charge in [0, 0.05) is 11.6 Å². The third-order valence-electron chi connectivity index (χ3n) is 6.14. The van der Waals surface area contributed by atoms with E-state index >= 15 is 0 Å². The summed E-state index contributed by atoms with van der Waals surface area (Å²) >= 11 is 24.7. The van der Waals surface area contributed by atoms with Crippen LogP contribution in [-0.4, -0.2) is 32.8 Å². The van der Waals surface area contributed by atoms with Crippen LogP contribution in [0.5, 0.6) is 0 Å². The van der Waals surface area contributed by atoms with E-state index in [0.29, 0.717) is 17.7 Å². The van der Waals surface area contributed by atoms with Gasteiger partial charge in [-0.1, -0.05) is 29.3 Å². The van der Waals surface area contributed by atoms with E-state index in [-0.39, 0.29) is 21.3 Å². The summed E-state index contributed by atoms with van der Waals surface area (Å²) in [7, 11) is 0. The number of alkyl halides is 5. The molecule has 0 aliphatic heterocycles. The number of ether oxygens (including phenoxy) is 1. The molecule has 8 nitrogen and oxygen atoms in total. The third-order valence-corrected chi connectivity index (χ3v) is 7.70. The number of carbonyl (C=O) groups is 3. The molecule has 1 aromatic heterocycles. The molecule has 2 aromatic carbocycles. The number of nitrogens with one attached hydrogen (secondary N) is 3. The van der Waals surface area contributed by atoms with E-state index in [0.717, 1.165) is 6.07 Å². The Hall–Kier alpha value is -3.32. The zero-order chi connectivity index (χ0) is 32.8. The fourth-order valence-electron chi connectivity index (χ4n) is 4.18. The standard InChI is InChI=1S/C28H22Cl4F4N4O4/c1-26(2,3)44-25(43)40-20-10-13(28(34,35)36)9-19(38-20)39-23(41)15-11-14(5-6-16(15)29)37-24(42)22-21(27(22,31)32)12-4-7-18(33)17(30)8-12/h4-11,21-22H,1-3H3,(H,37,42)(H2,38,39,40,41,43)/t21-,22+/m0/s1. The van der Waals surface area contributed by atoms with Crippen molar-refractivity contribution >= 4 is 81.6 Å². The molecule has 44 heavy (non-hydrogen) atoms. The minimum Gasteiger partial charge on any atom is -0.444 e. The van der Waals surface area contributed by atoms with Crippen molar-refractivity contribution in [2.24, 2.45) is 5.92 Å². The number of nitrogens with zero attached hydrogens (tertiary/aromatic N) is 1. The van der Waals surface area contributed by atoms with Crippen LogP contribution >= 0.6 is 46.4 Å². The molecule has 3 N–H and O–H groups in total. The number of pyridine rings is 1. The predicted molar refractivity (Wildman–Crippen MR) is 159 cm³/mol. The van der Waals surface area contributed by atoms with Crippen LogP contribution in [-0.2, 0) is 15.7 Å². The molecule has 1 fully saturated rings. The molecule has 234 valence electrons. The predicted octanol–water partition coefficient (Wildman–Crippen LogP) is 8.67. The lowest BCUT2D eigenvalue weighted by atomic mass is 10.1. The second-order valence-electron chi connectivity index (χ2n) is 10.7. The first-order valence-electron chi connectivity index (χ1n) is 12.6. The van der Waals surface area contributed by atoms with Crippen LogP contribution < -0.4 is 16.0 Å². The Balaban J connectivity index is 1.53. The Kier molecular flexibility index (Phi) is 9.33. The van der Waals surface area contributed by atoms with Gasteiger partial charge < -0.3 is 15.4 Å². The van der Waals surface area contributed by atoms with Gasteiger partial charge in [-0.15, -0.1) is 23.2 Å². The molecule has 0 saturated heterocycles. The third kappa shape index (κ3) is 7.84. The molecule has 0 unspecified atom stereocenters. The monoisotopic (exact) mass is 694 g/mol. The van der Waals surface area contributed by atoms with E-state index in [2.05, 4.69) is 20.9 Å². The molecule has 0 radical (unpaired) electrons. The van der Waals surface area contributed by atoms with Gasteiger partial charge in [0.2, 0.25) is 5.91 Å². The van der Waals surface area contributed by atoms with Gasteiger partial charge in [-0.3, -0.25) is 14.9 Å². The van der Waals surface area contributed by atoms with Crippen molar-refractivity contribution < 1.29 is 36.7 Å². The second kappa shape index (κ2) is 12.2. The highest BCUT2D eigenvalue weighted by molar-refractivity contribution is 6.53. The molecule has 3 aromatic rings. The highest BCUT2D eigenvalue weighted by atomic mass is 35.5. The minimum absolute atomic E-state index is 0.0840. The quantitative estimate of drug-likeness (QED) is 0.177. The van der Waals surface area contributed by atoms with Crippen LogP contribution in [0.2, 0.25) is 10.0 Å². The van der Waals surface area contributed by atoms with Crippen molar-refractivity contribution in [1.82, 2.24) is 4.98 Å². The SMILES string of the molecule is CC(C)(C)OC(=O)Nc1cc(C(F)(F)F)cc(NC(=O)c2cc(NC(=O)[C@H]3[C@H](c4ccc(F)c(Cl)c4)C3(Cl)Cl)ccc2Cl)n1. The highest BCUT2D eigenvalue weighted by Gasteiger charge is 2.67. The van der Waals surface area contributed by atoms with E-state index in [9.17, 15) is 31.9 Å². The number of rotatable bonds is 6. The first kappa shape index (κ1) is 33.6. The number of anilines is 3. The van der Waals surface area contributed by atoms with Gasteiger partial charge in [0.05, 0.1) is 27.1 Å². The van der Waals surface area contributed by atoms with Crippen molar-refractivity contribution in [3.63, 3.8) is 0 Å². The first-order chi connectivity index (χ1) is 20.3. The fraction of sp³-hybridized carbons (Fsp3) is 0.286. The molecular weight excluding hydrogens is 674 g/mol. The zero-order valence-corrected chi connectivity index (χ0v) is 25.9. The van der Waals surface area contributed by atoms with Crippen molar-refractivity contribution in [2.75, 3.05) is 16.0 Å². The first-order valence-corrected chi connectivity index (χ1v) is 14.1. The van der Waals surface area contributed by atoms with E-state index in [1.807, 2.05) is 0 Å². The Morgan fingerprint density at radius 2 is 1.52 bits per heavy atom. The average molecular weight is 696 g/mol. The molecule has 1 aliphatic rings. The summed E-state index contributed by atoms with van der Waals surface area (Å²) in [5.74, 6) is -5.05. The van der Waals surface area contributed by atoms with Gasteiger partial charge in [-0.2, -0.15) is 13.2 Å². The van der Waals surface area contributed by atoms with E-state index < -0.39 is 68.9 Å². The van der Waals surface area contributed by atoms with Crippen LogP contribution in [0.15, 0.2) is 48.5 Å². The lowest BCUT2D eigenvalue weighted by molar-refractivity contribution is -0.137. The summed E-state index contributed by atoms with van der Waals surface area (Å²) in [4.78, 5) is 42.1. The Morgan fingerprint density at radius 3 is 2.11 bits per heavy atom. The summed E-state index contributed by atoms with van der Waals surface area (Å²) in [5.41, 5.74) is -1.86. The average Bonchev–Trinajstić information content (AvgIpc) is 3.46. The molecule has 2 atom stereocenters. The molecule has 16 heteroatoms. The van der Waals surface area contributed by atoms with Crippen molar-refractivity contribution in [2.45, 2.75) is 42.8 Å². The maximum Gasteiger partial charge on any atom is 0.416 e. The number of aromatic nitrogens is 1. The van der Waals surface area contributed by atoms with Crippen LogP contribution in [0.1, 0.15) is 48.2 Å². The van der Waals surface area contributed by atoms with E-state index in [1.165, 1.54) is 30.3 Å². The number of hydrogen-bond donors (Lipinski definition) is 3. The molecule has 0 spiro atoms. The van der Waals surface area contributed by atoms with Crippen LogP contribution in [0, 0.1) is 11.7 Å². The summed E-state index contributed by atoms with van der Waals surface area (Å²) < 4.78 is 57.8. The van der Waals surface area contributed by atoms with Crippen molar-refractivity contribution in [3.05, 3.63) is 81.1 Å². The Labute approximate surface area is 268 Å². The van der Waals surface area contributed by atoms with Crippen LogP contribution in [0.3, 0.4) is 0 Å². The van der Waals surface area contributed by atoms with Gasteiger partial charge in [-0.05, 0) is 68.8 Å². The highest BCUT2D eigenvalue weighted by Crippen LogP contribution is 2.65. The number of carbonyl (C=O) groups excluding carboxylic acids is 3. The number of benzene rings is 2. The van der Waals surface area contributed by atoms with E-state index in [1.54, 1.807) is 20.8 Å². The Bertz CT molecular complexity index is 1650. The second-order valence-corrected chi connectivity index (χ2v) is 13.0. The van der Waals surface area contributed by atoms with Crippen molar-refractivity contribution in [3.8, 4) is 0 Å². The summed E-state index contributed by atoms with van der Waals surface area (Å²) in [6.45, 7) is 4.68. The molecule has 0 bridgehead atoms. The lowest BCUT2D eigenvalue weighted by Crippen LogP contribution is -2.27. The minimum atomic E-state index is -4.85. The number of hydrogen-bond acceptors (Lipinski definition) is 5. The summed E-state index contributed by atoms with van der Waals surface area (Å²) in [6.07, 6.45) is -5.92. The summed E-state index contributed by atoms with van der Waals surface area (Å²) in [6, 6.07) is 8.80. The van der Waals surface area contributed by atoms with Gasteiger partial charge in [0.25, 0.3) is 5.91 Å². The lowest BCUT2D eigenvalue weighted by Gasteiger charge is -2.20. The van der Waals surface area contributed by atoms with Crippen LogP contribution in [0.25, 0.3) is 0 Å². The molecule has 1 aliphatic carbocycles.